The van der Waals surface area contributed by atoms with E-state index >= 15 is 0 Å². The lowest BCUT2D eigenvalue weighted by molar-refractivity contribution is 0.114. The Hall–Kier alpha value is -1.38. The maximum absolute atomic E-state index is 6.02. The fourth-order valence-corrected chi connectivity index (χ4v) is 1.80. The minimum atomic E-state index is 0.0888. The molecule has 1 aromatic carbocycles. The number of rotatable bonds is 7. The Morgan fingerprint density at radius 3 is 2.65 bits per heavy atom. The highest BCUT2D eigenvalue weighted by molar-refractivity contribution is 6.37. The molecule has 1 aromatic rings. The number of nitrogens with zero attached hydrogens (tertiary/aromatic N) is 1. The van der Waals surface area contributed by atoms with Gasteiger partial charge in [0.2, 0.25) is 0 Å². The first-order valence-corrected chi connectivity index (χ1v) is 6.58. The Kier molecular flexibility index (Phi) is 7.93. The second-order valence-corrected chi connectivity index (χ2v) is 4.35. The van der Waals surface area contributed by atoms with E-state index in [1.54, 1.807) is 18.2 Å². The van der Waals surface area contributed by atoms with E-state index in [4.69, 9.17) is 50.8 Å². The number of nitrogens with one attached hydrogen (secondary N) is 1. The Bertz CT molecular complexity index is 516. The van der Waals surface area contributed by atoms with Gasteiger partial charge in [0.1, 0.15) is 12.9 Å². The normalized spacial score (nSPS) is 10.9. The summed E-state index contributed by atoms with van der Waals surface area (Å²) >= 11 is 17.4. The van der Waals surface area contributed by atoms with Crippen LogP contribution < -0.4 is 10.2 Å². The smallest absolute Gasteiger partial charge is 0.158 e. The molecule has 0 radical (unpaired) electrons. The summed E-state index contributed by atoms with van der Waals surface area (Å²) < 4.78 is 5.23. The molecule has 0 saturated heterocycles. The molecule has 0 amide bonds. The summed E-state index contributed by atoms with van der Waals surface area (Å²) in [5.74, 6) is 2.67. The molecule has 0 aliphatic heterocycles. The van der Waals surface area contributed by atoms with E-state index in [0.717, 1.165) is 0 Å². The molecule has 0 unspecified atom stereocenters. The molecule has 0 spiro atoms. The largest absolute Gasteiger partial charge is 0.478 e. The van der Waals surface area contributed by atoms with Crippen LogP contribution in [0.15, 0.2) is 28.7 Å². The lowest BCUT2D eigenvalue weighted by Crippen LogP contribution is -2.11. The number of ether oxygens (including phenoxy) is 1. The summed E-state index contributed by atoms with van der Waals surface area (Å²) in [6.45, 7) is 0.404. The van der Waals surface area contributed by atoms with Gasteiger partial charge in [-0.2, -0.15) is 0 Å². The second-order valence-electron chi connectivity index (χ2n) is 3.28. The van der Waals surface area contributed by atoms with Gasteiger partial charge in [0, 0.05) is 5.54 Å². The van der Waals surface area contributed by atoms with Crippen molar-refractivity contribution >= 4 is 46.8 Å². The highest BCUT2D eigenvalue weighted by Crippen LogP contribution is 2.36. The lowest BCUT2D eigenvalue weighted by Gasteiger charge is -2.08. The molecule has 1 N–H and O–H groups in total. The summed E-state index contributed by atoms with van der Waals surface area (Å²) in [6, 6.07) is 3.19. The fourth-order valence-electron chi connectivity index (χ4n) is 1.14. The number of halogens is 3. The second kappa shape index (κ2) is 9.51. The minimum Gasteiger partial charge on any atom is -0.478 e. The van der Waals surface area contributed by atoms with E-state index in [2.05, 4.69) is 16.4 Å². The zero-order valence-corrected chi connectivity index (χ0v) is 12.5. The molecule has 0 aliphatic carbocycles. The van der Waals surface area contributed by atoms with Crippen molar-refractivity contribution < 1.29 is 9.57 Å². The molecule has 106 valence electrons. The van der Waals surface area contributed by atoms with E-state index in [0.29, 0.717) is 28.1 Å². The van der Waals surface area contributed by atoms with Gasteiger partial charge in [-0.25, -0.2) is 4.99 Å². The zero-order valence-electron chi connectivity index (χ0n) is 10.3. The van der Waals surface area contributed by atoms with Gasteiger partial charge in [-0.1, -0.05) is 40.7 Å². The predicted molar refractivity (Wildman–Crippen MR) is 83.0 cm³/mol. The standard InChI is InChI=1S/C13H11Cl3N2O2/c1-2-5-19-13-11(15)7-10(8-12(13)16)17-9-18-20-6-3-4-14/h1,3-4,7-9H,5-6H2,(H,17,18)/b4-3-. The van der Waals surface area contributed by atoms with E-state index in [9.17, 15) is 0 Å². The van der Waals surface area contributed by atoms with Crippen LogP contribution >= 0.6 is 34.8 Å². The van der Waals surface area contributed by atoms with Crippen LogP contribution in [0.5, 0.6) is 5.75 Å². The fraction of sp³-hybridized carbons (Fsp3) is 0.154. The topological polar surface area (TPSA) is 42.8 Å². The van der Waals surface area contributed by atoms with Crippen LogP contribution in [-0.2, 0) is 4.84 Å². The third kappa shape index (κ3) is 5.72. The van der Waals surface area contributed by atoms with Crippen LogP contribution in [0.1, 0.15) is 0 Å². The van der Waals surface area contributed by atoms with Crippen molar-refractivity contribution in [1.82, 2.24) is 5.48 Å². The number of hydrogen-bond acceptors (Lipinski definition) is 3. The third-order valence-corrected chi connectivity index (χ3v) is 2.64. The van der Waals surface area contributed by atoms with Gasteiger partial charge < -0.3 is 4.74 Å². The van der Waals surface area contributed by atoms with E-state index in [-0.39, 0.29) is 6.61 Å². The van der Waals surface area contributed by atoms with Gasteiger partial charge in [0.25, 0.3) is 0 Å². The SMILES string of the molecule is C#CCOc1c(Cl)cc(N=CNOC/C=C\Cl)cc1Cl. The van der Waals surface area contributed by atoms with Crippen LogP contribution in [-0.4, -0.2) is 19.6 Å². The number of aliphatic imine (C=N–C) groups is 1. The van der Waals surface area contributed by atoms with Crippen molar-refractivity contribution in [3.8, 4) is 18.1 Å². The summed E-state index contributed by atoms with van der Waals surface area (Å²) in [5.41, 5.74) is 4.40. The van der Waals surface area contributed by atoms with E-state index < -0.39 is 0 Å². The minimum absolute atomic E-state index is 0.0888. The van der Waals surface area contributed by atoms with Crippen molar-refractivity contribution in [3.05, 3.63) is 33.8 Å². The first-order valence-electron chi connectivity index (χ1n) is 5.39. The van der Waals surface area contributed by atoms with Gasteiger partial charge in [0.05, 0.1) is 22.3 Å². The summed E-state index contributed by atoms with van der Waals surface area (Å²) in [4.78, 5) is 9.01. The van der Waals surface area contributed by atoms with Crippen LogP contribution in [0, 0.1) is 12.3 Å². The Morgan fingerprint density at radius 1 is 1.35 bits per heavy atom. The Balaban J connectivity index is 2.64. The van der Waals surface area contributed by atoms with Crippen molar-refractivity contribution in [2.24, 2.45) is 4.99 Å². The first kappa shape index (κ1) is 16.7. The van der Waals surface area contributed by atoms with Gasteiger partial charge >= 0.3 is 0 Å². The zero-order chi connectivity index (χ0) is 14.8. The molecule has 0 heterocycles. The highest BCUT2D eigenvalue weighted by atomic mass is 35.5. The van der Waals surface area contributed by atoms with Gasteiger partial charge in [0.15, 0.2) is 5.75 Å². The molecular weight excluding hydrogens is 323 g/mol. The summed E-state index contributed by atoms with van der Waals surface area (Å²) in [6.07, 6.45) is 8.07. The van der Waals surface area contributed by atoms with Crippen molar-refractivity contribution in [1.29, 1.82) is 0 Å². The van der Waals surface area contributed by atoms with Crippen LogP contribution in [0.3, 0.4) is 0 Å². The summed E-state index contributed by atoms with van der Waals surface area (Å²) in [5, 5.41) is 0.650. The average molecular weight is 334 g/mol. The van der Waals surface area contributed by atoms with Crippen molar-refractivity contribution in [3.63, 3.8) is 0 Å². The van der Waals surface area contributed by atoms with Crippen LogP contribution in [0.4, 0.5) is 5.69 Å². The maximum Gasteiger partial charge on any atom is 0.158 e. The molecule has 0 saturated carbocycles. The molecule has 1 rings (SSSR count). The molecule has 4 nitrogen and oxygen atoms in total. The molecule has 7 heteroatoms. The van der Waals surface area contributed by atoms with E-state index in [1.165, 1.54) is 11.9 Å². The first-order chi connectivity index (χ1) is 9.69. The summed E-state index contributed by atoms with van der Waals surface area (Å²) in [7, 11) is 0. The monoisotopic (exact) mass is 332 g/mol. The highest BCUT2D eigenvalue weighted by Gasteiger charge is 2.08. The number of terminal acetylenes is 1. The number of hydrogen-bond donors (Lipinski definition) is 1. The Labute approximate surface area is 132 Å². The molecule has 0 aliphatic rings. The average Bonchev–Trinajstić information content (AvgIpc) is 2.42. The molecule has 0 aromatic heterocycles. The molecular formula is C13H11Cl3N2O2. The van der Waals surface area contributed by atoms with Crippen molar-refractivity contribution in [2.45, 2.75) is 0 Å². The molecule has 0 atom stereocenters. The Morgan fingerprint density at radius 2 is 2.05 bits per heavy atom. The molecule has 0 bridgehead atoms. The van der Waals surface area contributed by atoms with Crippen LogP contribution in [0.2, 0.25) is 10.0 Å². The molecule has 0 fully saturated rings. The third-order valence-electron chi connectivity index (χ3n) is 1.90. The van der Waals surface area contributed by atoms with Crippen LogP contribution in [0.25, 0.3) is 0 Å². The number of hydroxylamine groups is 1. The quantitative estimate of drug-likeness (QED) is 0.270. The molecule has 20 heavy (non-hydrogen) atoms. The van der Waals surface area contributed by atoms with Gasteiger partial charge in [-0.3, -0.25) is 10.3 Å². The predicted octanol–water partition coefficient (Wildman–Crippen LogP) is 3.94. The maximum atomic E-state index is 6.02. The van der Waals surface area contributed by atoms with Crippen molar-refractivity contribution in [2.75, 3.05) is 13.2 Å². The lowest BCUT2D eigenvalue weighted by atomic mass is 10.3. The van der Waals surface area contributed by atoms with Gasteiger partial charge in [-0.15, -0.1) is 6.42 Å². The van der Waals surface area contributed by atoms with Gasteiger partial charge in [-0.05, 0) is 18.2 Å². The number of benzene rings is 1. The van der Waals surface area contributed by atoms with E-state index in [1.807, 2.05) is 0 Å².